The lowest BCUT2D eigenvalue weighted by Gasteiger charge is -2.14. The minimum Gasteiger partial charge on any atom is -0.492 e. The molecule has 1 aliphatic rings. The van der Waals surface area contributed by atoms with Gasteiger partial charge in [0, 0.05) is 5.02 Å². The van der Waals surface area contributed by atoms with Crippen LogP contribution in [0.4, 0.5) is 5.69 Å². The van der Waals surface area contributed by atoms with Crippen molar-refractivity contribution in [2.24, 2.45) is 0 Å². The summed E-state index contributed by atoms with van der Waals surface area (Å²) in [6.45, 7) is 3.34. The molecule has 4 nitrogen and oxygen atoms in total. The minimum atomic E-state index is -0.113. The van der Waals surface area contributed by atoms with E-state index in [0.29, 0.717) is 23.1 Å². The van der Waals surface area contributed by atoms with E-state index in [1.807, 2.05) is 6.92 Å². The van der Waals surface area contributed by atoms with Gasteiger partial charge in [0.2, 0.25) is 5.91 Å². The van der Waals surface area contributed by atoms with Gasteiger partial charge in [-0.1, -0.05) is 11.6 Å². The molecule has 0 bridgehead atoms. The summed E-state index contributed by atoms with van der Waals surface area (Å²) in [5.74, 6) is 0.615. The normalized spacial score (nSPS) is 18.7. The van der Waals surface area contributed by atoms with Crippen LogP contribution in [0.3, 0.4) is 0 Å². The Balaban J connectivity index is 2.11. The molecular weight excluding hydrogens is 252 g/mol. The van der Waals surface area contributed by atoms with Gasteiger partial charge in [0.15, 0.2) is 0 Å². The molecule has 1 heterocycles. The van der Waals surface area contributed by atoms with Gasteiger partial charge < -0.3 is 15.4 Å². The Kier molecular flexibility index (Phi) is 4.44. The second kappa shape index (κ2) is 6.07. The molecule has 1 saturated heterocycles. The minimum absolute atomic E-state index is 0.0317. The number of benzene rings is 1. The zero-order chi connectivity index (χ0) is 13.0. The summed E-state index contributed by atoms with van der Waals surface area (Å²) in [5, 5.41) is 6.60. The highest BCUT2D eigenvalue weighted by Crippen LogP contribution is 2.28. The number of amides is 1. The van der Waals surface area contributed by atoms with Gasteiger partial charge in [-0.15, -0.1) is 0 Å². The van der Waals surface area contributed by atoms with E-state index < -0.39 is 0 Å². The largest absolute Gasteiger partial charge is 0.492 e. The number of rotatable bonds is 4. The van der Waals surface area contributed by atoms with Crippen molar-refractivity contribution in [3.63, 3.8) is 0 Å². The zero-order valence-electron chi connectivity index (χ0n) is 10.3. The van der Waals surface area contributed by atoms with Crippen LogP contribution in [0.25, 0.3) is 0 Å². The highest BCUT2D eigenvalue weighted by Gasteiger charge is 2.22. The number of hydrogen-bond donors (Lipinski definition) is 2. The molecule has 1 aliphatic heterocycles. The SMILES string of the molecule is CCOc1ccc(Cl)cc1NC(=O)C1CCCN1. The van der Waals surface area contributed by atoms with Gasteiger partial charge >= 0.3 is 0 Å². The molecule has 98 valence electrons. The molecule has 1 unspecified atom stereocenters. The van der Waals surface area contributed by atoms with Crippen LogP contribution in [0.5, 0.6) is 5.75 Å². The average Bonchev–Trinajstić information content (AvgIpc) is 2.86. The smallest absolute Gasteiger partial charge is 0.241 e. The highest BCUT2D eigenvalue weighted by molar-refractivity contribution is 6.31. The Hall–Kier alpha value is -1.26. The van der Waals surface area contributed by atoms with E-state index in [9.17, 15) is 4.79 Å². The average molecular weight is 269 g/mol. The second-order valence-electron chi connectivity index (χ2n) is 4.21. The maximum absolute atomic E-state index is 12.0. The number of hydrogen-bond acceptors (Lipinski definition) is 3. The monoisotopic (exact) mass is 268 g/mol. The lowest BCUT2D eigenvalue weighted by molar-refractivity contribution is -0.117. The fourth-order valence-corrected chi connectivity index (χ4v) is 2.18. The molecule has 1 atom stereocenters. The van der Waals surface area contributed by atoms with Gasteiger partial charge in [0.25, 0.3) is 0 Å². The van der Waals surface area contributed by atoms with E-state index in [1.165, 1.54) is 0 Å². The summed E-state index contributed by atoms with van der Waals surface area (Å²) in [7, 11) is 0. The lowest BCUT2D eigenvalue weighted by atomic mass is 10.2. The van der Waals surface area contributed by atoms with Crippen molar-refractivity contribution in [1.82, 2.24) is 5.32 Å². The first-order valence-corrected chi connectivity index (χ1v) is 6.55. The molecule has 2 N–H and O–H groups in total. The number of carbonyl (C=O) groups is 1. The molecule has 0 radical (unpaired) electrons. The van der Waals surface area contributed by atoms with Crippen molar-refractivity contribution < 1.29 is 9.53 Å². The first-order valence-electron chi connectivity index (χ1n) is 6.17. The molecule has 1 fully saturated rings. The van der Waals surface area contributed by atoms with Gasteiger partial charge in [-0.25, -0.2) is 0 Å². The maximum atomic E-state index is 12.0. The fraction of sp³-hybridized carbons (Fsp3) is 0.462. The summed E-state index contributed by atoms with van der Waals surface area (Å²) in [4.78, 5) is 12.0. The van der Waals surface area contributed by atoms with Gasteiger partial charge in [-0.05, 0) is 44.5 Å². The Morgan fingerprint density at radius 2 is 2.44 bits per heavy atom. The standard InChI is InChI=1S/C13H17ClN2O2/c1-2-18-12-6-5-9(14)8-11(12)16-13(17)10-4-3-7-15-10/h5-6,8,10,15H,2-4,7H2,1H3,(H,16,17). The molecule has 0 saturated carbocycles. The molecule has 1 aromatic rings. The summed E-state index contributed by atoms with van der Waals surface area (Å²) in [5.41, 5.74) is 0.628. The summed E-state index contributed by atoms with van der Waals surface area (Å²) < 4.78 is 5.46. The summed E-state index contributed by atoms with van der Waals surface area (Å²) in [6, 6.07) is 5.11. The van der Waals surface area contributed by atoms with Crippen molar-refractivity contribution >= 4 is 23.2 Å². The molecule has 2 rings (SSSR count). The summed E-state index contributed by atoms with van der Waals surface area (Å²) in [6.07, 6.45) is 1.91. The molecular formula is C13H17ClN2O2. The predicted octanol–water partition coefficient (Wildman–Crippen LogP) is 2.43. The topological polar surface area (TPSA) is 50.4 Å². The van der Waals surface area contributed by atoms with Crippen molar-refractivity contribution in [1.29, 1.82) is 0 Å². The van der Waals surface area contributed by atoms with Crippen LogP contribution < -0.4 is 15.4 Å². The molecule has 0 spiro atoms. The van der Waals surface area contributed by atoms with E-state index >= 15 is 0 Å². The molecule has 1 amide bonds. The van der Waals surface area contributed by atoms with Crippen LogP contribution in [0.15, 0.2) is 18.2 Å². The van der Waals surface area contributed by atoms with E-state index in [4.69, 9.17) is 16.3 Å². The third-order valence-electron chi connectivity index (χ3n) is 2.88. The lowest BCUT2D eigenvalue weighted by Crippen LogP contribution is -2.35. The van der Waals surface area contributed by atoms with E-state index in [1.54, 1.807) is 18.2 Å². The predicted molar refractivity (Wildman–Crippen MR) is 72.3 cm³/mol. The van der Waals surface area contributed by atoms with Gasteiger partial charge in [-0.2, -0.15) is 0 Å². The number of nitrogens with one attached hydrogen (secondary N) is 2. The van der Waals surface area contributed by atoms with Crippen molar-refractivity contribution in [2.75, 3.05) is 18.5 Å². The number of anilines is 1. The van der Waals surface area contributed by atoms with E-state index in [0.717, 1.165) is 19.4 Å². The molecule has 18 heavy (non-hydrogen) atoms. The molecule has 0 aliphatic carbocycles. The quantitative estimate of drug-likeness (QED) is 0.882. The van der Waals surface area contributed by atoms with Gasteiger partial charge in [0.05, 0.1) is 18.3 Å². The van der Waals surface area contributed by atoms with Gasteiger partial charge in [-0.3, -0.25) is 4.79 Å². The number of ether oxygens (including phenoxy) is 1. The van der Waals surface area contributed by atoms with E-state index in [-0.39, 0.29) is 11.9 Å². The van der Waals surface area contributed by atoms with Crippen molar-refractivity contribution in [3.05, 3.63) is 23.2 Å². The van der Waals surface area contributed by atoms with Crippen LogP contribution in [-0.4, -0.2) is 25.1 Å². The van der Waals surface area contributed by atoms with E-state index in [2.05, 4.69) is 10.6 Å². The maximum Gasteiger partial charge on any atom is 0.241 e. The number of carbonyl (C=O) groups excluding carboxylic acids is 1. The Labute approximate surface area is 112 Å². The third kappa shape index (κ3) is 3.15. The molecule has 0 aromatic heterocycles. The Morgan fingerprint density at radius 3 is 3.11 bits per heavy atom. The fourth-order valence-electron chi connectivity index (χ4n) is 2.01. The summed E-state index contributed by atoms with van der Waals surface area (Å²) >= 11 is 5.94. The van der Waals surface area contributed by atoms with Crippen LogP contribution in [0.2, 0.25) is 5.02 Å². The van der Waals surface area contributed by atoms with Crippen LogP contribution >= 0.6 is 11.6 Å². The highest BCUT2D eigenvalue weighted by atomic mass is 35.5. The first-order chi connectivity index (χ1) is 8.70. The number of halogens is 1. The van der Waals surface area contributed by atoms with Gasteiger partial charge in [0.1, 0.15) is 5.75 Å². The van der Waals surface area contributed by atoms with Crippen molar-refractivity contribution in [2.45, 2.75) is 25.8 Å². The molecule has 1 aromatic carbocycles. The van der Waals surface area contributed by atoms with Crippen molar-refractivity contribution in [3.8, 4) is 5.75 Å². The third-order valence-corrected chi connectivity index (χ3v) is 3.11. The Morgan fingerprint density at radius 1 is 1.61 bits per heavy atom. The van der Waals surface area contributed by atoms with Crippen LogP contribution in [0.1, 0.15) is 19.8 Å². The second-order valence-corrected chi connectivity index (χ2v) is 4.65. The van der Waals surface area contributed by atoms with Crippen LogP contribution in [-0.2, 0) is 4.79 Å². The molecule has 5 heteroatoms. The first kappa shape index (κ1) is 13.2. The zero-order valence-corrected chi connectivity index (χ0v) is 11.1. The Bertz CT molecular complexity index is 431. The van der Waals surface area contributed by atoms with Crippen LogP contribution in [0, 0.1) is 0 Å².